The molecule has 0 aromatic heterocycles. The number of carbonyl (C=O) groups is 2. The van der Waals surface area contributed by atoms with E-state index in [0.717, 1.165) is 18.4 Å². The fraction of sp³-hybridized carbons (Fsp3) is 0.647. The molecule has 0 aromatic carbocycles. The summed E-state index contributed by atoms with van der Waals surface area (Å²) in [5.74, 6) is -1.12. The molecule has 0 amide bonds. The molecule has 0 unspecified atom stereocenters. The van der Waals surface area contributed by atoms with E-state index in [9.17, 15) is 9.59 Å². The molecule has 0 aromatic rings. The fourth-order valence-electron chi connectivity index (χ4n) is 3.58. The zero-order valence-corrected chi connectivity index (χ0v) is 13.3. The van der Waals surface area contributed by atoms with Gasteiger partial charge in [0.2, 0.25) is 0 Å². The Bertz CT molecular complexity index is 563. The number of allylic oxidation sites excluding steroid dienone is 1. The van der Waals surface area contributed by atoms with Gasteiger partial charge in [-0.25, -0.2) is 4.79 Å². The molecule has 22 heavy (non-hydrogen) atoms. The molecule has 120 valence electrons. The van der Waals surface area contributed by atoms with Crippen molar-refractivity contribution in [2.45, 2.75) is 63.9 Å². The number of hydrogen-bond acceptors (Lipinski definition) is 5. The largest absolute Gasteiger partial charge is 0.458 e. The second-order valence-corrected chi connectivity index (χ2v) is 6.74. The molecule has 5 nitrogen and oxygen atoms in total. The second kappa shape index (κ2) is 5.23. The summed E-state index contributed by atoms with van der Waals surface area (Å²) in [6.07, 6.45) is 3.68. The standard InChI is InChI=1S/C17H22O5/c1-9-5-6-14-17(4,22-14)8-13-15(10(2)16(19)21-13)12(7-9)20-11(3)18/h7,12-15H,2,5-6,8H2,1,3-4H3/t12-,13+,14+,15+,17+/m1/s1. The van der Waals surface area contributed by atoms with Crippen molar-refractivity contribution in [2.24, 2.45) is 5.92 Å². The van der Waals surface area contributed by atoms with Gasteiger partial charge < -0.3 is 14.2 Å². The van der Waals surface area contributed by atoms with Crippen LogP contribution < -0.4 is 0 Å². The molecule has 0 spiro atoms. The minimum absolute atomic E-state index is 0.203. The molecule has 0 bridgehead atoms. The molecule has 2 saturated heterocycles. The molecule has 0 radical (unpaired) electrons. The van der Waals surface area contributed by atoms with Crippen LogP contribution in [0.15, 0.2) is 23.8 Å². The number of esters is 2. The summed E-state index contributed by atoms with van der Waals surface area (Å²) >= 11 is 0. The minimum Gasteiger partial charge on any atom is -0.458 e. The molecule has 0 N–H and O–H groups in total. The summed E-state index contributed by atoms with van der Waals surface area (Å²) in [7, 11) is 0. The van der Waals surface area contributed by atoms with E-state index in [4.69, 9.17) is 14.2 Å². The lowest BCUT2D eigenvalue weighted by Crippen LogP contribution is -2.35. The van der Waals surface area contributed by atoms with Crippen LogP contribution in [0.4, 0.5) is 0 Å². The molecule has 3 aliphatic rings. The molecule has 5 atom stereocenters. The highest BCUT2D eigenvalue weighted by molar-refractivity contribution is 5.91. The first-order valence-corrected chi connectivity index (χ1v) is 7.72. The zero-order chi connectivity index (χ0) is 16.1. The summed E-state index contributed by atoms with van der Waals surface area (Å²) < 4.78 is 16.8. The van der Waals surface area contributed by atoms with Crippen LogP contribution in [0.5, 0.6) is 0 Å². The van der Waals surface area contributed by atoms with Crippen molar-refractivity contribution in [3.63, 3.8) is 0 Å². The first-order valence-electron chi connectivity index (χ1n) is 7.72. The first kappa shape index (κ1) is 15.3. The van der Waals surface area contributed by atoms with Crippen LogP contribution in [0.25, 0.3) is 0 Å². The molecular weight excluding hydrogens is 284 g/mol. The highest BCUT2D eigenvalue weighted by Gasteiger charge is 2.57. The van der Waals surface area contributed by atoms with Gasteiger partial charge in [0.1, 0.15) is 12.2 Å². The maximum Gasteiger partial charge on any atom is 0.334 e. The third-order valence-corrected chi connectivity index (χ3v) is 4.87. The van der Waals surface area contributed by atoms with Crippen molar-refractivity contribution in [3.05, 3.63) is 23.8 Å². The van der Waals surface area contributed by atoms with Crippen LogP contribution in [0, 0.1) is 5.92 Å². The molecule has 0 saturated carbocycles. The summed E-state index contributed by atoms with van der Waals surface area (Å²) in [5.41, 5.74) is 1.24. The Hall–Kier alpha value is -1.62. The van der Waals surface area contributed by atoms with E-state index in [1.165, 1.54) is 6.92 Å². The van der Waals surface area contributed by atoms with Gasteiger partial charge in [0.15, 0.2) is 0 Å². The van der Waals surface area contributed by atoms with E-state index in [-0.39, 0.29) is 29.7 Å². The van der Waals surface area contributed by atoms with Gasteiger partial charge >= 0.3 is 11.9 Å². The Balaban J connectivity index is 1.95. The number of carbonyl (C=O) groups excluding carboxylic acids is 2. The average Bonchev–Trinajstić information content (AvgIpc) is 2.96. The van der Waals surface area contributed by atoms with Crippen molar-refractivity contribution in [1.82, 2.24) is 0 Å². The van der Waals surface area contributed by atoms with Gasteiger partial charge in [-0.05, 0) is 32.8 Å². The highest BCUT2D eigenvalue weighted by Crippen LogP contribution is 2.48. The van der Waals surface area contributed by atoms with Gasteiger partial charge in [-0.3, -0.25) is 4.79 Å². The fourth-order valence-corrected chi connectivity index (χ4v) is 3.58. The van der Waals surface area contributed by atoms with Crippen molar-refractivity contribution in [1.29, 1.82) is 0 Å². The molecule has 2 heterocycles. The predicted octanol–water partition coefficient (Wildman–Crippen LogP) is 2.30. The smallest absolute Gasteiger partial charge is 0.334 e. The lowest BCUT2D eigenvalue weighted by atomic mass is 9.83. The Labute approximate surface area is 130 Å². The maximum atomic E-state index is 12.0. The lowest BCUT2D eigenvalue weighted by Gasteiger charge is -2.27. The summed E-state index contributed by atoms with van der Waals surface area (Å²) in [6.45, 7) is 9.28. The van der Waals surface area contributed by atoms with Crippen LogP contribution in [-0.2, 0) is 23.8 Å². The minimum atomic E-state index is -0.514. The second-order valence-electron chi connectivity index (χ2n) is 6.74. The number of epoxide rings is 1. The molecule has 5 heteroatoms. The van der Waals surface area contributed by atoms with E-state index >= 15 is 0 Å². The van der Waals surface area contributed by atoms with Gasteiger partial charge in [0, 0.05) is 18.9 Å². The zero-order valence-electron chi connectivity index (χ0n) is 13.3. The van der Waals surface area contributed by atoms with Gasteiger partial charge in [0.25, 0.3) is 0 Å². The predicted molar refractivity (Wildman–Crippen MR) is 79.0 cm³/mol. The SMILES string of the molecule is C=C1C(=O)O[C@H]2C[C@]3(C)O[C@H]3CCC(C)=C[C@@H](OC(C)=O)[C@H]12. The molecule has 3 rings (SSSR count). The number of ether oxygens (including phenoxy) is 3. The van der Waals surface area contributed by atoms with Crippen molar-refractivity contribution >= 4 is 11.9 Å². The van der Waals surface area contributed by atoms with Crippen molar-refractivity contribution in [3.8, 4) is 0 Å². The maximum absolute atomic E-state index is 12.0. The van der Waals surface area contributed by atoms with Crippen molar-refractivity contribution in [2.75, 3.05) is 0 Å². The monoisotopic (exact) mass is 306 g/mol. The Morgan fingerprint density at radius 1 is 1.50 bits per heavy atom. The summed E-state index contributed by atoms with van der Waals surface area (Å²) in [6, 6.07) is 0. The van der Waals surface area contributed by atoms with Crippen molar-refractivity contribution < 1.29 is 23.8 Å². The van der Waals surface area contributed by atoms with E-state index in [1.54, 1.807) is 0 Å². The number of hydrogen-bond donors (Lipinski definition) is 0. The van der Waals surface area contributed by atoms with Gasteiger partial charge in [-0.2, -0.15) is 0 Å². The summed E-state index contributed by atoms with van der Waals surface area (Å²) in [4.78, 5) is 23.4. The number of fused-ring (bicyclic) bond motifs is 2. The van der Waals surface area contributed by atoms with Gasteiger partial charge in [-0.15, -0.1) is 0 Å². The van der Waals surface area contributed by atoms with Crippen LogP contribution >= 0.6 is 0 Å². The highest BCUT2D eigenvalue weighted by atomic mass is 16.6. The van der Waals surface area contributed by atoms with E-state index < -0.39 is 12.1 Å². The Morgan fingerprint density at radius 2 is 2.23 bits per heavy atom. The van der Waals surface area contributed by atoms with E-state index in [1.807, 2.05) is 19.9 Å². The van der Waals surface area contributed by atoms with E-state index in [2.05, 4.69) is 6.58 Å². The van der Waals surface area contributed by atoms with Gasteiger partial charge in [0.05, 0.1) is 17.6 Å². The van der Waals surface area contributed by atoms with Crippen LogP contribution in [0.2, 0.25) is 0 Å². The molecule has 2 aliphatic heterocycles. The average molecular weight is 306 g/mol. The quantitative estimate of drug-likeness (QED) is 0.322. The molecular formula is C17H22O5. The summed E-state index contributed by atoms with van der Waals surface area (Å²) in [5, 5.41) is 0. The van der Waals surface area contributed by atoms with E-state index in [0.29, 0.717) is 12.0 Å². The number of rotatable bonds is 1. The van der Waals surface area contributed by atoms with Crippen LogP contribution in [0.1, 0.15) is 40.0 Å². The Kier molecular flexibility index (Phi) is 3.63. The normalized spacial score (nSPS) is 41.0. The third kappa shape index (κ3) is 2.70. The first-order chi connectivity index (χ1) is 10.3. The lowest BCUT2D eigenvalue weighted by molar-refractivity contribution is -0.147. The third-order valence-electron chi connectivity index (χ3n) is 4.87. The van der Waals surface area contributed by atoms with Crippen LogP contribution in [0.3, 0.4) is 0 Å². The molecule has 1 aliphatic carbocycles. The topological polar surface area (TPSA) is 65.1 Å². The molecule has 2 fully saturated rings. The van der Waals surface area contributed by atoms with Crippen LogP contribution in [-0.4, -0.2) is 35.9 Å². The Morgan fingerprint density at radius 3 is 2.91 bits per heavy atom. The van der Waals surface area contributed by atoms with Gasteiger partial charge in [-0.1, -0.05) is 12.2 Å².